The van der Waals surface area contributed by atoms with Gasteiger partial charge in [-0.3, -0.25) is 4.79 Å². The van der Waals surface area contributed by atoms with E-state index in [4.69, 9.17) is 0 Å². The molecular formula is C12H20N4O. The van der Waals surface area contributed by atoms with E-state index in [-0.39, 0.29) is 5.56 Å². The number of H-pyrrole nitrogens is 1. The lowest BCUT2D eigenvalue weighted by Crippen LogP contribution is -2.16. The van der Waals surface area contributed by atoms with E-state index in [2.05, 4.69) is 20.6 Å². The molecular weight excluding hydrogens is 216 g/mol. The predicted molar refractivity (Wildman–Crippen MR) is 68.3 cm³/mol. The molecule has 0 saturated carbocycles. The first-order valence-corrected chi connectivity index (χ1v) is 6.32. The second kappa shape index (κ2) is 5.82. The average Bonchev–Trinajstić information content (AvgIpc) is 2.81. The van der Waals surface area contributed by atoms with Gasteiger partial charge in [-0.1, -0.05) is 6.92 Å². The fraction of sp³-hybridized carbons (Fsp3) is 0.667. The van der Waals surface area contributed by atoms with Crippen LogP contribution >= 0.6 is 0 Å². The van der Waals surface area contributed by atoms with Crippen molar-refractivity contribution >= 4 is 5.82 Å². The van der Waals surface area contributed by atoms with Gasteiger partial charge < -0.3 is 15.6 Å². The van der Waals surface area contributed by atoms with Gasteiger partial charge in [-0.25, -0.2) is 4.98 Å². The minimum atomic E-state index is -0.0816. The third kappa shape index (κ3) is 3.56. The minimum absolute atomic E-state index is 0.0816. The average molecular weight is 236 g/mol. The Balaban J connectivity index is 1.85. The van der Waals surface area contributed by atoms with E-state index in [1.165, 1.54) is 12.5 Å². The Morgan fingerprint density at radius 3 is 3.18 bits per heavy atom. The first-order chi connectivity index (χ1) is 8.28. The Morgan fingerprint density at radius 1 is 1.59 bits per heavy atom. The summed E-state index contributed by atoms with van der Waals surface area (Å²) in [6, 6.07) is 1.52. The lowest BCUT2D eigenvalue weighted by molar-refractivity contribution is 0.549. The van der Waals surface area contributed by atoms with Crippen molar-refractivity contribution in [1.82, 2.24) is 15.3 Å². The van der Waals surface area contributed by atoms with E-state index in [1.807, 2.05) is 6.92 Å². The van der Waals surface area contributed by atoms with Gasteiger partial charge in [0.25, 0.3) is 5.56 Å². The lowest BCUT2D eigenvalue weighted by Gasteiger charge is -2.10. The number of anilines is 1. The van der Waals surface area contributed by atoms with E-state index in [9.17, 15) is 4.79 Å². The summed E-state index contributed by atoms with van der Waals surface area (Å²) < 4.78 is 0. The van der Waals surface area contributed by atoms with Gasteiger partial charge in [0.05, 0.1) is 0 Å². The summed E-state index contributed by atoms with van der Waals surface area (Å²) in [4.78, 5) is 18.4. The molecule has 0 bridgehead atoms. The number of aryl methyl sites for hydroxylation is 1. The van der Waals surface area contributed by atoms with Gasteiger partial charge >= 0.3 is 0 Å². The molecule has 0 spiro atoms. The van der Waals surface area contributed by atoms with E-state index >= 15 is 0 Å². The maximum absolute atomic E-state index is 11.3. The summed E-state index contributed by atoms with van der Waals surface area (Å²) in [5.41, 5.74) is -0.0816. The van der Waals surface area contributed by atoms with Crippen molar-refractivity contribution in [3.05, 3.63) is 22.2 Å². The van der Waals surface area contributed by atoms with Crippen LogP contribution in [0, 0.1) is 5.92 Å². The zero-order valence-electron chi connectivity index (χ0n) is 10.3. The quantitative estimate of drug-likeness (QED) is 0.705. The van der Waals surface area contributed by atoms with Crippen molar-refractivity contribution < 1.29 is 0 Å². The highest BCUT2D eigenvalue weighted by molar-refractivity contribution is 5.32. The molecule has 1 unspecified atom stereocenters. The normalized spacial score (nSPS) is 19.5. The van der Waals surface area contributed by atoms with E-state index in [0.29, 0.717) is 5.82 Å². The van der Waals surface area contributed by atoms with E-state index in [0.717, 1.165) is 44.2 Å². The Labute approximate surface area is 101 Å². The van der Waals surface area contributed by atoms with Crippen molar-refractivity contribution in [2.45, 2.75) is 26.2 Å². The Hall–Kier alpha value is -1.36. The number of aromatic amines is 1. The van der Waals surface area contributed by atoms with Crippen LogP contribution in [0.1, 0.15) is 25.6 Å². The van der Waals surface area contributed by atoms with Crippen molar-refractivity contribution in [3.63, 3.8) is 0 Å². The molecule has 1 aromatic rings. The molecule has 17 heavy (non-hydrogen) atoms. The number of hydrogen-bond acceptors (Lipinski definition) is 4. The smallest absolute Gasteiger partial charge is 0.252 e. The van der Waals surface area contributed by atoms with Crippen LogP contribution in [0.5, 0.6) is 0 Å². The van der Waals surface area contributed by atoms with Crippen molar-refractivity contribution in [2.24, 2.45) is 5.92 Å². The van der Waals surface area contributed by atoms with Crippen LogP contribution in [0.15, 0.2) is 10.9 Å². The topological polar surface area (TPSA) is 69.8 Å². The van der Waals surface area contributed by atoms with Gasteiger partial charge in [-0.15, -0.1) is 0 Å². The SMILES string of the molecule is CCc1nc(NCCC2CCNC2)cc(=O)[nH]1. The second-order valence-electron chi connectivity index (χ2n) is 4.51. The van der Waals surface area contributed by atoms with Crippen LogP contribution in [-0.4, -0.2) is 29.6 Å². The number of nitrogens with zero attached hydrogens (tertiary/aromatic N) is 1. The van der Waals surface area contributed by atoms with Gasteiger partial charge in [0.2, 0.25) is 0 Å². The summed E-state index contributed by atoms with van der Waals surface area (Å²) in [6.45, 7) is 5.11. The minimum Gasteiger partial charge on any atom is -0.370 e. The van der Waals surface area contributed by atoms with Gasteiger partial charge in [0.1, 0.15) is 11.6 Å². The molecule has 1 aliphatic rings. The highest BCUT2D eigenvalue weighted by atomic mass is 16.1. The summed E-state index contributed by atoms with van der Waals surface area (Å²) in [5, 5.41) is 6.58. The lowest BCUT2D eigenvalue weighted by atomic mass is 10.1. The molecule has 2 heterocycles. The first-order valence-electron chi connectivity index (χ1n) is 6.32. The molecule has 1 aromatic heterocycles. The molecule has 2 rings (SSSR count). The standard InChI is InChI=1S/C12H20N4O/c1-2-10-15-11(7-12(17)16-10)14-6-4-9-3-5-13-8-9/h7,9,13H,2-6,8H2,1H3,(H2,14,15,16,17). The molecule has 5 nitrogen and oxygen atoms in total. The highest BCUT2D eigenvalue weighted by Gasteiger charge is 2.13. The van der Waals surface area contributed by atoms with E-state index < -0.39 is 0 Å². The predicted octanol–water partition coefficient (Wildman–Crippen LogP) is 0.744. The monoisotopic (exact) mass is 236 g/mol. The summed E-state index contributed by atoms with van der Waals surface area (Å²) in [5.74, 6) is 2.19. The molecule has 94 valence electrons. The number of nitrogens with one attached hydrogen (secondary N) is 3. The summed E-state index contributed by atoms with van der Waals surface area (Å²) >= 11 is 0. The molecule has 3 N–H and O–H groups in total. The Morgan fingerprint density at radius 2 is 2.47 bits per heavy atom. The van der Waals surface area contributed by atoms with Crippen LogP contribution in [0.4, 0.5) is 5.82 Å². The zero-order chi connectivity index (χ0) is 12.1. The fourth-order valence-corrected chi connectivity index (χ4v) is 2.13. The molecule has 0 amide bonds. The van der Waals surface area contributed by atoms with Gasteiger partial charge in [0.15, 0.2) is 0 Å². The van der Waals surface area contributed by atoms with Gasteiger partial charge in [-0.2, -0.15) is 0 Å². The second-order valence-corrected chi connectivity index (χ2v) is 4.51. The molecule has 0 aliphatic carbocycles. The third-order valence-corrected chi connectivity index (χ3v) is 3.15. The Kier molecular flexibility index (Phi) is 4.14. The van der Waals surface area contributed by atoms with Crippen LogP contribution in [0.25, 0.3) is 0 Å². The highest BCUT2D eigenvalue weighted by Crippen LogP contribution is 2.12. The molecule has 0 aromatic carbocycles. The van der Waals surface area contributed by atoms with Crippen molar-refractivity contribution in [3.8, 4) is 0 Å². The van der Waals surface area contributed by atoms with Gasteiger partial charge in [-0.05, 0) is 31.8 Å². The van der Waals surface area contributed by atoms with Crippen molar-refractivity contribution in [1.29, 1.82) is 0 Å². The third-order valence-electron chi connectivity index (χ3n) is 3.15. The summed E-state index contributed by atoms with van der Waals surface area (Å²) in [7, 11) is 0. The van der Waals surface area contributed by atoms with Crippen LogP contribution in [0.2, 0.25) is 0 Å². The number of aromatic nitrogens is 2. The maximum Gasteiger partial charge on any atom is 0.252 e. The number of hydrogen-bond donors (Lipinski definition) is 3. The molecule has 0 radical (unpaired) electrons. The molecule has 5 heteroatoms. The van der Waals surface area contributed by atoms with Crippen molar-refractivity contribution in [2.75, 3.05) is 25.0 Å². The molecule has 1 aliphatic heterocycles. The molecule has 1 fully saturated rings. The Bertz CT molecular complexity index is 409. The number of rotatable bonds is 5. The molecule has 1 atom stereocenters. The zero-order valence-corrected chi connectivity index (χ0v) is 10.3. The van der Waals surface area contributed by atoms with Crippen LogP contribution < -0.4 is 16.2 Å². The van der Waals surface area contributed by atoms with Crippen LogP contribution in [0.3, 0.4) is 0 Å². The molecule has 1 saturated heterocycles. The first kappa shape index (κ1) is 12.1. The van der Waals surface area contributed by atoms with E-state index in [1.54, 1.807) is 0 Å². The summed E-state index contributed by atoms with van der Waals surface area (Å²) in [6.07, 6.45) is 3.13. The fourth-order valence-electron chi connectivity index (χ4n) is 2.13. The van der Waals surface area contributed by atoms with Crippen LogP contribution in [-0.2, 0) is 6.42 Å². The largest absolute Gasteiger partial charge is 0.370 e. The maximum atomic E-state index is 11.3. The van der Waals surface area contributed by atoms with Gasteiger partial charge in [0, 0.05) is 19.0 Å².